The van der Waals surface area contributed by atoms with Crippen LogP contribution in [0.4, 0.5) is 0 Å². The molecule has 0 amide bonds. The second-order valence-electron chi connectivity index (χ2n) is 6.14. The van der Waals surface area contributed by atoms with Gasteiger partial charge < -0.3 is 19.4 Å². The Morgan fingerprint density at radius 1 is 1.14 bits per heavy atom. The number of ether oxygens (including phenoxy) is 2. The number of fused-ring (bicyclic) bond motifs is 1. The first-order valence-electron chi connectivity index (χ1n) is 8.99. The first kappa shape index (κ1) is 19.7. The summed E-state index contributed by atoms with van der Waals surface area (Å²) in [4.78, 5) is 0. The number of nitrogens with one attached hydrogen (secondary N) is 2. The van der Waals surface area contributed by atoms with Gasteiger partial charge in [-0.2, -0.15) is 5.10 Å². The Kier molecular flexibility index (Phi) is 6.49. The Labute approximate surface area is 170 Å². The minimum Gasteiger partial charge on any atom is -0.497 e. The molecule has 146 valence electrons. The van der Waals surface area contributed by atoms with Gasteiger partial charge in [-0.1, -0.05) is 18.2 Å². The van der Waals surface area contributed by atoms with Gasteiger partial charge >= 0.3 is 0 Å². The van der Waals surface area contributed by atoms with Crippen LogP contribution in [0.15, 0.2) is 53.6 Å². The summed E-state index contributed by atoms with van der Waals surface area (Å²) in [6.07, 6.45) is 1.81. The average molecular weight is 397 g/mol. The molecule has 28 heavy (non-hydrogen) atoms. The van der Waals surface area contributed by atoms with Gasteiger partial charge in [-0.15, -0.1) is 0 Å². The number of para-hydroxylation sites is 1. The predicted octanol–water partition coefficient (Wildman–Crippen LogP) is 3.47. The number of rotatable bonds is 7. The van der Waals surface area contributed by atoms with Gasteiger partial charge in [0, 0.05) is 29.2 Å². The fraction of sp³-hybridized carbons (Fsp3) is 0.238. The van der Waals surface area contributed by atoms with Crippen molar-refractivity contribution in [3.8, 4) is 11.5 Å². The molecule has 0 spiro atoms. The number of hydrogen-bond acceptors (Lipinski definition) is 4. The van der Waals surface area contributed by atoms with Crippen molar-refractivity contribution < 1.29 is 9.47 Å². The van der Waals surface area contributed by atoms with Crippen molar-refractivity contribution >= 4 is 34.4 Å². The van der Waals surface area contributed by atoms with Crippen molar-refractivity contribution in [2.75, 3.05) is 20.8 Å². The van der Waals surface area contributed by atoms with Crippen molar-refractivity contribution in [1.29, 1.82) is 0 Å². The zero-order valence-corrected chi connectivity index (χ0v) is 17.0. The van der Waals surface area contributed by atoms with Crippen LogP contribution in [0.2, 0.25) is 0 Å². The van der Waals surface area contributed by atoms with Crippen LogP contribution in [0.5, 0.6) is 11.5 Å². The third-order valence-electron chi connectivity index (χ3n) is 4.51. The zero-order chi connectivity index (χ0) is 19.9. The van der Waals surface area contributed by atoms with Gasteiger partial charge in [0.05, 0.1) is 19.9 Å². The minimum absolute atomic E-state index is 0.477. The molecule has 0 saturated carbocycles. The summed E-state index contributed by atoms with van der Waals surface area (Å²) in [7, 11) is 3.41. The lowest BCUT2D eigenvalue weighted by Gasteiger charge is -2.11. The van der Waals surface area contributed by atoms with Crippen LogP contribution >= 0.6 is 12.2 Å². The molecule has 0 atom stereocenters. The Morgan fingerprint density at radius 2 is 1.86 bits per heavy atom. The Balaban J connectivity index is 1.76. The maximum Gasteiger partial charge on any atom is 0.186 e. The van der Waals surface area contributed by atoms with Gasteiger partial charge in [-0.3, -0.25) is 5.43 Å². The molecule has 0 fully saturated rings. The van der Waals surface area contributed by atoms with Gasteiger partial charge in [0.1, 0.15) is 18.1 Å². The van der Waals surface area contributed by atoms with E-state index in [1.165, 1.54) is 0 Å². The normalized spacial score (nSPS) is 11.0. The Hall–Kier alpha value is -3.06. The maximum absolute atomic E-state index is 5.90. The van der Waals surface area contributed by atoms with Gasteiger partial charge in [0.25, 0.3) is 0 Å². The largest absolute Gasteiger partial charge is 0.497 e. The predicted molar refractivity (Wildman–Crippen MR) is 118 cm³/mol. The highest BCUT2D eigenvalue weighted by atomic mass is 32.1. The van der Waals surface area contributed by atoms with Crippen LogP contribution in [-0.4, -0.2) is 36.7 Å². The minimum atomic E-state index is 0.477. The lowest BCUT2D eigenvalue weighted by atomic mass is 10.1. The lowest BCUT2D eigenvalue weighted by molar-refractivity contribution is 0.299. The van der Waals surface area contributed by atoms with Crippen molar-refractivity contribution in [3.63, 3.8) is 0 Å². The van der Waals surface area contributed by atoms with E-state index in [2.05, 4.69) is 39.5 Å². The average Bonchev–Trinajstić information content (AvgIpc) is 3.00. The van der Waals surface area contributed by atoms with Gasteiger partial charge in [0.2, 0.25) is 0 Å². The molecule has 0 saturated heterocycles. The van der Waals surface area contributed by atoms with Gasteiger partial charge in [-0.25, -0.2) is 0 Å². The molecule has 0 aliphatic heterocycles. The van der Waals surface area contributed by atoms with Crippen molar-refractivity contribution in [3.05, 3.63) is 59.8 Å². The maximum atomic E-state index is 5.90. The van der Waals surface area contributed by atoms with Crippen LogP contribution in [0.25, 0.3) is 10.9 Å². The molecule has 1 aromatic heterocycles. The fourth-order valence-corrected chi connectivity index (χ4v) is 3.10. The summed E-state index contributed by atoms with van der Waals surface area (Å²) in [5.41, 5.74) is 6.14. The summed E-state index contributed by atoms with van der Waals surface area (Å²) >= 11 is 5.06. The van der Waals surface area contributed by atoms with E-state index < -0.39 is 0 Å². The number of methoxy groups -OCH3 is 1. The van der Waals surface area contributed by atoms with E-state index in [9.17, 15) is 0 Å². The Morgan fingerprint density at radius 3 is 2.57 bits per heavy atom. The highest BCUT2D eigenvalue weighted by Crippen LogP contribution is 2.25. The van der Waals surface area contributed by atoms with E-state index in [4.69, 9.17) is 21.7 Å². The molecule has 0 radical (unpaired) electrons. The first-order chi connectivity index (χ1) is 13.6. The molecule has 2 aromatic carbocycles. The van der Waals surface area contributed by atoms with Crippen LogP contribution in [0.3, 0.4) is 0 Å². The summed E-state index contributed by atoms with van der Waals surface area (Å²) in [5.74, 6) is 1.64. The molecule has 7 heteroatoms. The molecule has 3 rings (SSSR count). The topological polar surface area (TPSA) is 59.8 Å². The molecule has 0 aliphatic rings. The molecule has 0 aliphatic carbocycles. The monoisotopic (exact) mass is 396 g/mol. The van der Waals surface area contributed by atoms with Crippen molar-refractivity contribution in [2.24, 2.45) is 5.10 Å². The number of thiocarbonyl (C=S) groups is 1. The van der Waals surface area contributed by atoms with E-state index in [0.717, 1.165) is 40.2 Å². The van der Waals surface area contributed by atoms with Crippen LogP contribution in [-0.2, 0) is 6.54 Å². The molecule has 3 aromatic rings. The molecule has 1 heterocycles. The zero-order valence-electron chi connectivity index (χ0n) is 16.2. The molecule has 2 N–H and O–H groups in total. The molecule has 6 nitrogen and oxygen atoms in total. The smallest absolute Gasteiger partial charge is 0.186 e. The van der Waals surface area contributed by atoms with E-state index >= 15 is 0 Å². The van der Waals surface area contributed by atoms with E-state index in [0.29, 0.717) is 11.7 Å². The van der Waals surface area contributed by atoms with Gasteiger partial charge in [-0.05, 0) is 49.5 Å². The standard InChI is InChI=1S/C21H24N4O2S/c1-15-19(14-23-24-21(28)22-2)18-6-4-5-7-20(18)25(15)12-13-27-17-10-8-16(26-3)9-11-17/h4-11,14H,12-13H2,1-3H3,(H2,22,24,28)/b23-14+. The fourth-order valence-electron chi connectivity index (χ4n) is 3.05. The number of hydrogen-bond donors (Lipinski definition) is 2. The second kappa shape index (κ2) is 9.23. The molecule has 0 unspecified atom stereocenters. The van der Waals surface area contributed by atoms with Crippen LogP contribution in [0, 0.1) is 6.92 Å². The SMILES string of the molecule is CNC(=S)N/N=C/c1c(C)n(CCOc2ccc(OC)cc2)c2ccccc12. The number of hydrazone groups is 1. The molecular formula is C21H24N4O2S. The number of nitrogens with zero attached hydrogens (tertiary/aromatic N) is 2. The summed E-state index contributed by atoms with van der Waals surface area (Å²) in [6, 6.07) is 15.9. The second-order valence-corrected chi connectivity index (χ2v) is 6.55. The number of aromatic nitrogens is 1. The first-order valence-corrected chi connectivity index (χ1v) is 9.40. The third kappa shape index (κ3) is 4.43. The highest BCUT2D eigenvalue weighted by Gasteiger charge is 2.12. The molecule has 0 bridgehead atoms. The van der Waals surface area contributed by atoms with Crippen molar-refractivity contribution in [1.82, 2.24) is 15.3 Å². The lowest BCUT2D eigenvalue weighted by Crippen LogP contribution is -2.28. The third-order valence-corrected chi connectivity index (χ3v) is 4.80. The van der Waals surface area contributed by atoms with Crippen LogP contribution < -0.4 is 20.2 Å². The van der Waals surface area contributed by atoms with E-state index in [-0.39, 0.29) is 0 Å². The quantitative estimate of drug-likeness (QED) is 0.364. The highest BCUT2D eigenvalue weighted by molar-refractivity contribution is 7.80. The van der Waals surface area contributed by atoms with E-state index in [1.54, 1.807) is 14.2 Å². The molecular weight excluding hydrogens is 372 g/mol. The van der Waals surface area contributed by atoms with Gasteiger partial charge in [0.15, 0.2) is 5.11 Å². The summed E-state index contributed by atoms with van der Waals surface area (Å²) in [6.45, 7) is 3.38. The summed E-state index contributed by atoms with van der Waals surface area (Å²) < 4.78 is 13.3. The summed E-state index contributed by atoms with van der Waals surface area (Å²) in [5, 5.41) is 8.70. The Bertz CT molecular complexity index is 980. The van der Waals surface area contributed by atoms with Crippen LogP contribution in [0.1, 0.15) is 11.3 Å². The van der Waals surface area contributed by atoms with E-state index in [1.807, 2.05) is 42.6 Å². The number of benzene rings is 2. The van der Waals surface area contributed by atoms with Crippen molar-refractivity contribution in [2.45, 2.75) is 13.5 Å².